The first-order chi connectivity index (χ1) is 16.9. The number of esters is 1. The number of nitrogens with one attached hydrogen (secondary N) is 1. The van der Waals surface area contributed by atoms with Crippen molar-refractivity contribution in [2.24, 2.45) is 0 Å². The van der Waals surface area contributed by atoms with Gasteiger partial charge in [-0.05, 0) is 42.8 Å². The molecule has 36 heavy (non-hydrogen) atoms. The van der Waals surface area contributed by atoms with Crippen LogP contribution in [0.3, 0.4) is 0 Å². The van der Waals surface area contributed by atoms with E-state index in [4.69, 9.17) is 21.1 Å². The van der Waals surface area contributed by atoms with E-state index in [9.17, 15) is 27.2 Å². The number of anilines is 1. The van der Waals surface area contributed by atoms with Gasteiger partial charge in [0.15, 0.2) is 17.3 Å². The first-order valence-electron chi connectivity index (χ1n) is 9.89. The quantitative estimate of drug-likeness (QED) is 0.300. The number of amides is 1. The van der Waals surface area contributed by atoms with Gasteiger partial charge in [-0.3, -0.25) is 4.79 Å². The summed E-state index contributed by atoms with van der Waals surface area (Å²) in [5.41, 5.74) is -0.141. The molecule has 190 valence electrons. The second-order valence-corrected chi connectivity index (χ2v) is 7.43. The molecule has 2 aromatic carbocycles. The summed E-state index contributed by atoms with van der Waals surface area (Å²) in [6.07, 6.45) is -3.63. The molecular weight excluding hydrogens is 512 g/mol. The minimum atomic E-state index is -4.93. The summed E-state index contributed by atoms with van der Waals surface area (Å²) in [4.78, 5) is 28.7. The molecule has 0 radical (unpaired) electrons. The third kappa shape index (κ3) is 6.13. The van der Waals surface area contributed by atoms with Crippen molar-refractivity contribution in [2.75, 3.05) is 19.5 Å². The van der Waals surface area contributed by atoms with Crippen molar-refractivity contribution in [1.29, 1.82) is 0 Å². The van der Waals surface area contributed by atoms with Crippen LogP contribution in [0.25, 0.3) is 0 Å². The van der Waals surface area contributed by atoms with Gasteiger partial charge in [-0.2, -0.15) is 0 Å². The number of aromatic nitrogens is 1. The van der Waals surface area contributed by atoms with Crippen LogP contribution in [0, 0.1) is 12.7 Å². The fraction of sp³-hybridized carbons (Fsp3) is 0.174. The lowest BCUT2D eigenvalue weighted by Crippen LogP contribution is -2.17. The number of carbonyl (C=O) groups is 2. The monoisotopic (exact) mass is 528 g/mol. The van der Waals surface area contributed by atoms with Crippen molar-refractivity contribution >= 4 is 29.2 Å². The number of rotatable bonds is 7. The van der Waals surface area contributed by atoms with Crippen LogP contribution in [0.5, 0.6) is 23.0 Å². The number of pyridine rings is 1. The summed E-state index contributed by atoms with van der Waals surface area (Å²) >= 11 is 5.86. The van der Waals surface area contributed by atoms with Crippen LogP contribution < -0.4 is 19.5 Å². The summed E-state index contributed by atoms with van der Waals surface area (Å²) in [6, 6.07) is 6.51. The van der Waals surface area contributed by atoms with E-state index in [0.29, 0.717) is 5.56 Å². The normalized spacial score (nSPS) is 11.0. The zero-order valence-corrected chi connectivity index (χ0v) is 19.6. The number of benzene rings is 2. The molecule has 1 aromatic heterocycles. The van der Waals surface area contributed by atoms with Crippen LogP contribution in [0.4, 0.5) is 23.2 Å². The molecule has 0 aliphatic heterocycles. The minimum Gasteiger partial charge on any atom is -0.493 e. The molecule has 0 unspecified atom stereocenters. The second-order valence-electron chi connectivity index (χ2n) is 7.03. The van der Waals surface area contributed by atoms with E-state index in [-0.39, 0.29) is 28.6 Å². The molecule has 0 spiro atoms. The Hall–Kier alpha value is -4.06. The first-order valence-corrected chi connectivity index (χ1v) is 10.3. The number of hydrogen-bond donors (Lipinski definition) is 1. The summed E-state index contributed by atoms with van der Waals surface area (Å²) in [5, 5.41) is 2.07. The van der Waals surface area contributed by atoms with Gasteiger partial charge in [0.05, 0.1) is 19.2 Å². The van der Waals surface area contributed by atoms with Crippen LogP contribution in [-0.4, -0.2) is 37.4 Å². The average molecular weight is 529 g/mol. The summed E-state index contributed by atoms with van der Waals surface area (Å²) < 4.78 is 71.6. The predicted octanol–water partition coefficient (Wildman–Crippen LogP) is 5.92. The lowest BCUT2D eigenvalue weighted by atomic mass is 10.1. The van der Waals surface area contributed by atoms with Gasteiger partial charge in [0, 0.05) is 18.0 Å². The molecule has 3 aromatic rings. The Balaban J connectivity index is 1.97. The molecule has 0 aliphatic carbocycles. The largest absolute Gasteiger partial charge is 0.573 e. The third-order valence-corrected chi connectivity index (χ3v) is 4.91. The molecule has 0 aliphatic rings. The van der Waals surface area contributed by atoms with Gasteiger partial charge < -0.3 is 24.3 Å². The van der Waals surface area contributed by atoms with Crippen LogP contribution >= 0.6 is 11.6 Å². The minimum absolute atomic E-state index is 0.104. The molecule has 0 saturated carbocycles. The van der Waals surface area contributed by atoms with Crippen LogP contribution in [-0.2, 0) is 4.74 Å². The lowest BCUT2D eigenvalue weighted by Gasteiger charge is -2.16. The van der Waals surface area contributed by atoms with Gasteiger partial charge in [0.1, 0.15) is 22.8 Å². The lowest BCUT2D eigenvalue weighted by molar-refractivity contribution is -0.274. The van der Waals surface area contributed by atoms with E-state index in [1.165, 1.54) is 25.4 Å². The molecule has 0 saturated heterocycles. The van der Waals surface area contributed by atoms with Gasteiger partial charge in [0.25, 0.3) is 5.91 Å². The number of carbonyl (C=O) groups excluding carboxylic acids is 2. The Labute approximate surface area is 206 Å². The molecule has 0 atom stereocenters. The van der Waals surface area contributed by atoms with Crippen molar-refractivity contribution in [1.82, 2.24) is 4.98 Å². The number of halogens is 5. The average Bonchev–Trinajstić information content (AvgIpc) is 2.82. The Morgan fingerprint density at radius 2 is 1.72 bits per heavy atom. The van der Waals surface area contributed by atoms with E-state index in [1.54, 1.807) is 6.92 Å². The molecule has 8 nitrogen and oxygen atoms in total. The van der Waals surface area contributed by atoms with Gasteiger partial charge in [-0.15, -0.1) is 13.2 Å². The molecule has 0 bridgehead atoms. The third-order valence-electron chi connectivity index (χ3n) is 4.62. The molecule has 13 heteroatoms. The maximum Gasteiger partial charge on any atom is 0.573 e. The predicted molar refractivity (Wildman–Crippen MR) is 119 cm³/mol. The van der Waals surface area contributed by atoms with Crippen LogP contribution in [0.2, 0.25) is 5.02 Å². The Morgan fingerprint density at radius 1 is 1.03 bits per heavy atom. The van der Waals surface area contributed by atoms with Gasteiger partial charge in [-0.1, -0.05) is 11.6 Å². The van der Waals surface area contributed by atoms with Crippen molar-refractivity contribution in [3.63, 3.8) is 0 Å². The highest BCUT2D eigenvalue weighted by Crippen LogP contribution is 2.39. The Bertz CT molecular complexity index is 1320. The standard InChI is InChI=1S/C23H17ClF4N2O6/c1-11-10-29-15(22(32)34-3)9-14(11)30-21(31)19-17(7-5-13(24)20(19)25)35-16-6-4-12(8-18(16)33-2)36-23(26,27)28/h4-10H,1-3H3,(H,29,30,31). The highest BCUT2D eigenvalue weighted by molar-refractivity contribution is 6.31. The second kappa shape index (κ2) is 10.7. The number of hydrogen-bond acceptors (Lipinski definition) is 7. The van der Waals surface area contributed by atoms with Crippen molar-refractivity contribution in [3.8, 4) is 23.0 Å². The van der Waals surface area contributed by atoms with E-state index < -0.39 is 40.4 Å². The molecule has 1 N–H and O–H groups in total. The zero-order valence-electron chi connectivity index (χ0n) is 18.8. The van der Waals surface area contributed by atoms with Crippen LogP contribution in [0.15, 0.2) is 42.6 Å². The fourth-order valence-corrected chi connectivity index (χ4v) is 3.09. The molecule has 1 heterocycles. The summed E-state index contributed by atoms with van der Waals surface area (Å²) in [7, 11) is 2.32. The van der Waals surface area contributed by atoms with Gasteiger partial charge >= 0.3 is 12.3 Å². The number of alkyl halides is 3. The van der Waals surface area contributed by atoms with Gasteiger partial charge in [-0.25, -0.2) is 14.2 Å². The summed E-state index contributed by atoms with van der Waals surface area (Å²) in [6.45, 7) is 1.59. The van der Waals surface area contributed by atoms with E-state index in [0.717, 1.165) is 31.4 Å². The maximum absolute atomic E-state index is 15.0. The topological polar surface area (TPSA) is 96.0 Å². The highest BCUT2D eigenvalue weighted by Gasteiger charge is 2.31. The smallest absolute Gasteiger partial charge is 0.493 e. The zero-order chi connectivity index (χ0) is 26.6. The molecule has 0 fully saturated rings. The summed E-state index contributed by atoms with van der Waals surface area (Å²) in [5.74, 6) is -4.11. The number of ether oxygens (including phenoxy) is 4. The number of methoxy groups -OCH3 is 2. The van der Waals surface area contributed by atoms with E-state index in [1.807, 2.05) is 0 Å². The van der Waals surface area contributed by atoms with Crippen molar-refractivity contribution in [2.45, 2.75) is 13.3 Å². The molecule has 1 amide bonds. The van der Waals surface area contributed by atoms with E-state index in [2.05, 4.69) is 19.8 Å². The molecule has 3 rings (SSSR count). The number of aryl methyl sites for hydroxylation is 1. The highest BCUT2D eigenvalue weighted by atomic mass is 35.5. The Morgan fingerprint density at radius 3 is 2.36 bits per heavy atom. The van der Waals surface area contributed by atoms with Crippen LogP contribution in [0.1, 0.15) is 26.4 Å². The number of nitrogens with zero attached hydrogens (tertiary/aromatic N) is 1. The Kier molecular flexibility index (Phi) is 7.88. The van der Waals surface area contributed by atoms with E-state index >= 15 is 0 Å². The fourth-order valence-electron chi connectivity index (χ4n) is 2.94. The van der Waals surface area contributed by atoms with Crippen molar-refractivity contribution in [3.05, 3.63) is 70.3 Å². The maximum atomic E-state index is 15.0. The molecular formula is C23H17ClF4N2O6. The first kappa shape index (κ1) is 26.5. The van der Waals surface area contributed by atoms with Gasteiger partial charge in [0.2, 0.25) is 0 Å². The van der Waals surface area contributed by atoms with Crippen molar-refractivity contribution < 1.29 is 46.1 Å². The SMILES string of the molecule is COC(=O)c1cc(NC(=O)c2c(Oc3ccc(OC(F)(F)F)cc3OC)ccc(Cl)c2F)c(C)cn1.